The van der Waals surface area contributed by atoms with Crippen molar-refractivity contribution in [1.82, 2.24) is 9.71 Å². The molecule has 1 aromatic carbocycles. The van der Waals surface area contributed by atoms with Gasteiger partial charge in [-0.3, -0.25) is 4.98 Å². The normalized spacial score (nSPS) is 34.9. The van der Waals surface area contributed by atoms with Gasteiger partial charge in [0, 0.05) is 25.0 Å². The molecule has 0 aliphatic heterocycles. The van der Waals surface area contributed by atoms with Crippen LogP contribution in [0.4, 0.5) is 11.4 Å². The van der Waals surface area contributed by atoms with Crippen LogP contribution in [0.1, 0.15) is 37.7 Å². The first-order chi connectivity index (χ1) is 15.0. The highest BCUT2D eigenvalue weighted by atomic mass is 32.2. The summed E-state index contributed by atoms with van der Waals surface area (Å²) >= 11 is 0. The summed E-state index contributed by atoms with van der Waals surface area (Å²) in [5, 5.41) is 7.36. The number of sulfonamides is 1. The third kappa shape index (κ3) is 3.00. The summed E-state index contributed by atoms with van der Waals surface area (Å²) in [6.07, 6.45) is 10.5. The number of nitrogens with zero attached hydrogens (tertiary/aromatic N) is 1. The molecule has 4 unspecified atom stereocenters. The fraction of sp³-hybridized carbons (Fsp3) is 0.542. The number of nitrogens with one attached hydrogen (secondary N) is 3. The minimum Gasteiger partial charge on any atom is -0.380 e. The average Bonchev–Trinajstić information content (AvgIpc) is 3.17. The molecule has 4 atom stereocenters. The number of rotatable bonds is 7. The van der Waals surface area contributed by atoms with Gasteiger partial charge in [0.1, 0.15) is 0 Å². The van der Waals surface area contributed by atoms with Crippen molar-refractivity contribution in [2.75, 3.05) is 17.7 Å². The summed E-state index contributed by atoms with van der Waals surface area (Å²) in [7, 11) is -2.05. The topological polar surface area (TPSA) is 83.1 Å². The number of benzene rings is 1. The summed E-state index contributed by atoms with van der Waals surface area (Å²) in [6, 6.07) is 9.84. The van der Waals surface area contributed by atoms with Crippen LogP contribution in [-0.2, 0) is 16.6 Å². The van der Waals surface area contributed by atoms with E-state index in [1.165, 1.54) is 39.2 Å². The first-order valence-electron chi connectivity index (χ1n) is 11.5. The van der Waals surface area contributed by atoms with Gasteiger partial charge in [-0.15, -0.1) is 0 Å². The molecule has 4 aliphatic rings. The maximum Gasteiger partial charge on any atom is 0.240 e. The average molecular weight is 439 g/mol. The first kappa shape index (κ1) is 19.6. The molecule has 3 bridgehead atoms. The number of aromatic nitrogens is 1. The molecule has 6 rings (SSSR count). The van der Waals surface area contributed by atoms with Crippen molar-refractivity contribution in [2.45, 2.75) is 49.6 Å². The van der Waals surface area contributed by atoms with E-state index in [-0.39, 0.29) is 4.90 Å². The summed E-state index contributed by atoms with van der Waals surface area (Å²) in [5.74, 6) is 3.44. The summed E-state index contributed by atoms with van der Waals surface area (Å²) < 4.78 is 27.2. The molecule has 164 valence electrons. The van der Waals surface area contributed by atoms with Crippen LogP contribution >= 0.6 is 0 Å². The van der Waals surface area contributed by atoms with E-state index < -0.39 is 10.0 Å². The SMILES string of the molecule is CNS(=O)(=O)c1ccc(NC2C3CC4CC5CC2CC45C3)c(NCc2ccncc2)c1. The molecule has 4 fully saturated rings. The lowest BCUT2D eigenvalue weighted by Crippen LogP contribution is -2.42. The van der Waals surface area contributed by atoms with E-state index in [2.05, 4.69) is 20.3 Å². The maximum absolute atomic E-state index is 12.4. The highest BCUT2D eigenvalue weighted by Gasteiger charge is 2.68. The largest absolute Gasteiger partial charge is 0.380 e. The lowest BCUT2D eigenvalue weighted by molar-refractivity contribution is 0.000288. The van der Waals surface area contributed by atoms with Gasteiger partial charge >= 0.3 is 0 Å². The molecule has 4 aliphatic carbocycles. The standard InChI is InChI=1S/C24H30N4O2S/c1-25-31(29,30)20-2-3-21(22(11-20)27-14-15-4-6-26-7-5-15)28-23-16-8-18-10-19-9-17(23)13-24(18,19)12-16/h2-7,11,16-19,23,25,27-28H,8-10,12-14H2,1H3. The van der Waals surface area contributed by atoms with Crippen LogP contribution in [0.2, 0.25) is 0 Å². The van der Waals surface area contributed by atoms with Gasteiger partial charge in [-0.25, -0.2) is 13.1 Å². The van der Waals surface area contributed by atoms with Gasteiger partial charge in [0.15, 0.2) is 0 Å². The fourth-order valence-corrected chi connectivity index (χ4v) is 8.15. The predicted octanol–water partition coefficient (Wildman–Crippen LogP) is 3.84. The van der Waals surface area contributed by atoms with Gasteiger partial charge < -0.3 is 10.6 Å². The third-order valence-electron chi connectivity index (χ3n) is 8.79. The Kier molecular flexibility index (Phi) is 4.38. The molecule has 1 aromatic heterocycles. The Bertz CT molecular complexity index is 1080. The van der Waals surface area contributed by atoms with Crippen LogP contribution in [0.25, 0.3) is 0 Å². The van der Waals surface area contributed by atoms with Crippen LogP contribution in [-0.4, -0.2) is 26.5 Å². The Labute approximate surface area is 184 Å². The van der Waals surface area contributed by atoms with Gasteiger partial charge in [-0.2, -0.15) is 0 Å². The molecule has 0 saturated heterocycles. The summed E-state index contributed by atoms with van der Waals surface area (Å²) in [6.45, 7) is 0.616. The number of anilines is 2. The van der Waals surface area contributed by atoms with Gasteiger partial charge in [-0.1, -0.05) is 0 Å². The van der Waals surface area contributed by atoms with Crippen LogP contribution in [0.15, 0.2) is 47.6 Å². The number of hydrogen-bond donors (Lipinski definition) is 3. The highest BCUT2D eigenvalue weighted by Crippen LogP contribution is 2.75. The zero-order valence-electron chi connectivity index (χ0n) is 17.8. The van der Waals surface area contributed by atoms with E-state index >= 15 is 0 Å². The van der Waals surface area contributed by atoms with E-state index in [0.717, 1.165) is 40.6 Å². The molecular formula is C24H30N4O2S. The summed E-state index contributed by atoms with van der Waals surface area (Å²) in [4.78, 5) is 4.36. The molecule has 1 spiro atoms. The maximum atomic E-state index is 12.4. The molecule has 2 aromatic rings. The molecular weight excluding hydrogens is 408 g/mol. The highest BCUT2D eigenvalue weighted by molar-refractivity contribution is 7.89. The minimum absolute atomic E-state index is 0.281. The first-order valence-corrected chi connectivity index (χ1v) is 12.9. The number of fused-ring (bicyclic) bond motifs is 2. The predicted molar refractivity (Wildman–Crippen MR) is 121 cm³/mol. The number of hydrogen-bond acceptors (Lipinski definition) is 5. The Morgan fingerprint density at radius 3 is 2.39 bits per heavy atom. The second kappa shape index (κ2) is 6.94. The van der Waals surface area contributed by atoms with E-state index in [4.69, 9.17) is 0 Å². The van der Waals surface area contributed by atoms with Crippen molar-refractivity contribution in [3.63, 3.8) is 0 Å². The van der Waals surface area contributed by atoms with Crippen molar-refractivity contribution in [3.05, 3.63) is 48.3 Å². The van der Waals surface area contributed by atoms with Gasteiger partial charge in [-0.05, 0) is 104 Å². The minimum atomic E-state index is -3.50. The Hall–Kier alpha value is -2.12. The Balaban J connectivity index is 1.29. The van der Waals surface area contributed by atoms with Gasteiger partial charge in [0.05, 0.1) is 16.3 Å². The van der Waals surface area contributed by atoms with Crippen molar-refractivity contribution < 1.29 is 8.42 Å². The zero-order valence-corrected chi connectivity index (χ0v) is 18.7. The van der Waals surface area contributed by atoms with Crippen molar-refractivity contribution in [1.29, 1.82) is 0 Å². The van der Waals surface area contributed by atoms with Crippen LogP contribution in [0, 0.1) is 29.1 Å². The van der Waals surface area contributed by atoms with Crippen LogP contribution in [0.3, 0.4) is 0 Å². The second-order valence-electron chi connectivity index (χ2n) is 10.1. The quantitative estimate of drug-likeness (QED) is 0.612. The van der Waals surface area contributed by atoms with Crippen LogP contribution in [0.5, 0.6) is 0 Å². The molecule has 0 amide bonds. The molecule has 7 heteroatoms. The molecule has 31 heavy (non-hydrogen) atoms. The second-order valence-corrected chi connectivity index (χ2v) is 11.9. The zero-order chi connectivity index (χ0) is 21.2. The third-order valence-corrected chi connectivity index (χ3v) is 10.2. The fourth-order valence-electron chi connectivity index (χ4n) is 7.40. The van der Waals surface area contributed by atoms with Gasteiger partial charge in [0.25, 0.3) is 0 Å². The Morgan fingerprint density at radius 1 is 1.00 bits per heavy atom. The monoisotopic (exact) mass is 438 g/mol. The van der Waals surface area contributed by atoms with Crippen molar-refractivity contribution in [3.8, 4) is 0 Å². The molecule has 4 saturated carbocycles. The molecule has 3 N–H and O–H groups in total. The molecule has 6 nitrogen and oxygen atoms in total. The van der Waals surface area contributed by atoms with E-state index in [1.807, 2.05) is 18.2 Å². The summed E-state index contributed by atoms with van der Waals surface area (Å²) in [5.41, 5.74) is 3.65. The van der Waals surface area contributed by atoms with Gasteiger partial charge in [0.2, 0.25) is 10.0 Å². The smallest absolute Gasteiger partial charge is 0.240 e. The van der Waals surface area contributed by atoms with Crippen LogP contribution < -0.4 is 15.4 Å². The lowest BCUT2D eigenvalue weighted by atomic mass is 9.56. The van der Waals surface area contributed by atoms with E-state index in [9.17, 15) is 8.42 Å². The van der Waals surface area contributed by atoms with E-state index in [1.54, 1.807) is 24.5 Å². The molecule has 0 radical (unpaired) electrons. The van der Waals surface area contributed by atoms with Crippen molar-refractivity contribution >= 4 is 21.4 Å². The Morgan fingerprint density at radius 2 is 1.71 bits per heavy atom. The van der Waals surface area contributed by atoms with E-state index in [0.29, 0.717) is 18.0 Å². The number of pyridine rings is 1. The van der Waals surface area contributed by atoms with Crippen molar-refractivity contribution in [2.24, 2.45) is 29.1 Å². The lowest BCUT2D eigenvalue weighted by Gasteiger charge is -2.49. The molecule has 1 heterocycles.